The van der Waals surface area contributed by atoms with Crippen molar-refractivity contribution in [2.24, 2.45) is 0 Å². The second-order valence-electron chi connectivity index (χ2n) is 11.3. The molecule has 0 aliphatic carbocycles. The summed E-state index contributed by atoms with van der Waals surface area (Å²) in [6.07, 6.45) is 0.239. The van der Waals surface area contributed by atoms with E-state index in [1.807, 2.05) is 82.3 Å². The van der Waals surface area contributed by atoms with Crippen LogP contribution in [0.3, 0.4) is 0 Å². The molecule has 2 amide bonds. The summed E-state index contributed by atoms with van der Waals surface area (Å²) in [4.78, 5) is 29.8. The molecule has 1 N–H and O–H groups in total. The van der Waals surface area contributed by atoms with Crippen LogP contribution in [0.2, 0.25) is 5.02 Å². The van der Waals surface area contributed by atoms with Crippen molar-refractivity contribution in [2.45, 2.75) is 57.6 Å². The van der Waals surface area contributed by atoms with E-state index in [0.29, 0.717) is 5.02 Å². The minimum absolute atomic E-state index is 0.0374. The minimum atomic E-state index is -4.21. The maximum atomic E-state index is 14.5. The third kappa shape index (κ3) is 8.96. The number of hydrogen-bond acceptors (Lipinski definition) is 4. The number of amides is 2. The van der Waals surface area contributed by atoms with E-state index >= 15 is 0 Å². The standard InChI is InChI=1S/C35H37BrClN3O4S/c1-24(2)38-35(42)33(20-27-8-6-5-7-9-27)39(22-28-13-15-29(36)16-14-28)34(41)23-40(30-17-12-26(4)32(37)21-30)45(43,44)31-18-10-25(3)11-19-31/h5-19,21,24,33H,20,22-23H2,1-4H3,(H,38,42)/t33-/m1/s1. The summed E-state index contributed by atoms with van der Waals surface area (Å²) in [7, 11) is -4.21. The van der Waals surface area contributed by atoms with Crippen LogP contribution in [0.25, 0.3) is 0 Å². The van der Waals surface area contributed by atoms with Crippen molar-refractivity contribution >= 4 is 55.1 Å². The molecule has 0 aromatic heterocycles. The molecule has 0 spiro atoms. The van der Waals surface area contributed by atoms with Gasteiger partial charge in [-0.15, -0.1) is 0 Å². The van der Waals surface area contributed by atoms with Gasteiger partial charge in [-0.25, -0.2) is 8.42 Å². The van der Waals surface area contributed by atoms with Crippen LogP contribution < -0.4 is 9.62 Å². The highest BCUT2D eigenvalue weighted by Gasteiger charge is 2.35. The van der Waals surface area contributed by atoms with Crippen LogP contribution in [0.15, 0.2) is 106 Å². The van der Waals surface area contributed by atoms with Crippen molar-refractivity contribution in [2.75, 3.05) is 10.8 Å². The van der Waals surface area contributed by atoms with E-state index in [-0.39, 0.29) is 35.5 Å². The first-order chi connectivity index (χ1) is 21.3. The number of sulfonamides is 1. The lowest BCUT2D eigenvalue weighted by molar-refractivity contribution is -0.140. The van der Waals surface area contributed by atoms with Gasteiger partial charge in [-0.05, 0) is 80.8 Å². The van der Waals surface area contributed by atoms with E-state index < -0.39 is 28.5 Å². The molecule has 4 rings (SSSR count). The molecule has 1 atom stereocenters. The molecule has 0 aliphatic rings. The van der Waals surface area contributed by atoms with Crippen LogP contribution in [0, 0.1) is 13.8 Å². The quantitative estimate of drug-likeness (QED) is 0.170. The Bertz CT molecular complexity index is 1730. The fourth-order valence-corrected chi connectivity index (χ4v) is 6.67. The van der Waals surface area contributed by atoms with Gasteiger partial charge in [0, 0.05) is 28.5 Å². The molecule has 236 valence electrons. The van der Waals surface area contributed by atoms with Crippen LogP contribution in [0.5, 0.6) is 0 Å². The Labute approximate surface area is 279 Å². The summed E-state index contributed by atoms with van der Waals surface area (Å²) >= 11 is 9.90. The largest absolute Gasteiger partial charge is 0.352 e. The highest BCUT2D eigenvalue weighted by Crippen LogP contribution is 2.29. The number of halogens is 2. The number of aryl methyl sites for hydroxylation is 2. The van der Waals surface area contributed by atoms with Crippen molar-refractivity contribution in [3.63, 3.8) is 0 Å². The smallest absolute Gasteiger partial charge is 0.264 e. The minimum Gasteiger partial charge on any atom is -0.352 e. The zero-order valence-electron chi connectivity index (χ0n) is 25.7. The zero-order chi connectivity index (χ0) is 32.7. The third-order valence-electron chi connectivity index (χ3n) is 7.30. The molecular formula is C35H37BrClN3O4S. The van der Waals surface area contributed by atoms with Gasteiger partial charge in [0.15, 0.2) is 0 Å². The second-order valence-corrected chi connectivity index (χ2v) is 14.5. The van der Waals surface area contributed by atoms with Gasteiger partial charge in [0.2, 0.25) is 11.8 Å². The van der Waals surface area contributed by atoms with Crippen molar-refractivity contribution in [3.05, 3.63) is 129 Å². The Morgan fingerprint density at radius 2 is 1.51 bits per heavy atom. The number of rotatable bonds is 12. The summed E-state index contributed by atoms with van der Waals surface area (Å²) in [6, 6.07) is 27.2. The SMILES string of the molecule is Cc1ccc(S(=O)(=O)N(CC(=O)N(Cc2ccc(Br)cc2)[C@H](Cc2ccccc2)C(=O)NC(C)C)c2ccc(C)c(Cl)c2)cc1. The van der Waals surface area contributed by atoms with Gasteiger partial charge in [-0.3, -0.25) is 13.9 Å². The van der Waals surface area contributed by atoms with E-state index in [9.17, 15) is 18.0 Å². The lowest BCUT2D eigenvalue weighted by Crippen LogP contribution is -2.54. The van der Waals surface area contributed by atoms with Crippen LogP contribution in [-0.2, 0) is 32.6 Å². The number of anilines is 1. The molecule has 0 aliphatic heterocycles. The number of carbonyl (C=O) groups is 2. The first kappa shape index (κ1) is 34.2. The lowest BCUT2D eigenvalue weighted by atomic mass is 10.0. The molecule has 0 bridgehead atoms. The van der Waals surface area contributed by atoms with E-state index in [1.54, 1.807) is 30.3 Å². The second kappa shape index (κ2) is 15.1. The van der Waals surface area contributed by atoms with Crippen LogP contribution in [-0.4, -0.2) is 43.8 Å². The summed E-state index contributed by atoms with van der Waals surface area (Å²) in [5.41, 5.74) is 3.56. The molecule has 0 radical (unpaired) electrons. The topological polar surface area (TPSA) is 86.8 Å². The molecule has 10 heteroatoms. The maximum absolute atomic E-state index is 14.5. The molecule has 0 saturated heterocycles. The molecule has 0 saturated carbocycles. The Morgan fingerprint density at radius 1 is 0.867 bits per heavy atom. The van der Waals surface area contributed by atoms with E-state index in [4.69, 9.17) is 11.6 Å². The third-order valence-corrected chi connectivity index (χ3v) is 10.0. The number of hydrogen-bond donors (Lipinski definition) is 1. The first-order valence-electron chi connectivity index (χ1n) is 14.6. The molecule has 0 fully saturated rings. The number of benzene rings is 4. The maximum Gasteiger partial charge on any atom is 0.264 e. The van der Waals surface area contributed by atoms with E-state index in [2.05, 4.69) is 21.2 Å². The zero-order valence-corrected chi connectivity index (χ0v) is 28.9. The van der Waals surface area contributed by atoms with E-state index in [0.717, 1.165) is 31.0 Å². The Kier molecular flexibility index (Phi) is 11.5. The fourth-order valence-electron chi connectivity index (χ4n) is 4.82. The Balaban J connectivity index is 1.82. The van der Waals surface area contributed by atoms with Gasteiger partial charge in [0.25, 0.3) is 10.0 Å². The van der Waals surface area contributed by atoms with Crippen molar-refractivity contribution in [3.8, 4) is 0 Å². The molecule has 0 heterocycles. The predicted octanol–water partition coefficient (Wildman–Crippen LogP) is 7.08. The molecule has 7 nitrogen and oxygen atoms in total. The van der Waals surface area contributed by atoms with Gasteiger partial charge in [-0.1, -0.05) is 93.8 Å². The lowest BCUT2D eigenvalue weighted by Gasteiger charge is -2.34. The fraction of sp³-hybridized carbons (Fsp3) is 0.257. The number of nitrogens with one attached hydrogen (secondary N) is 1. The highest BCUT2D eigenvalue weighted by atomic mass is 79.9. The summed E-state index contributed by atoms with van der Waals surface area (Å²) in [6.45, 7) is 6.93. The van der Waals surface area contributed by atoms with E-state index in [1.165, 1.54) is 17.0 Å². The average Bonchev–Trinajstić information content (AvgIpc) is 3.00. The van der Waals surface area contributed by atoms with Crippen LogP contribution in [0.4, 0.5) is 5.69 Å². The van der Waals surface area contributed by atoms with Gasteiger partial charge >= 0.3 is 0 Å². The molecule has 4 aromatic carbocycles. The predicted molar refractivity (Wildman–Crippen MR) is 184 cm³/mol. The molecular weight excluding hydrogens is 674 g/mol. The van der Waals surface area contributed by atoms with Crippen molar-refractivity contribution < 1.29 is 18.0 Å². The number of carbonyl (C=O) groups excluding carboxylic acids is 2. The summed E-state index contributed by atoms with van der Waals surface area (Å²) in [5, 5.41) is 3.33. The van der Waals surface area contributed by atoms with Gasteiger partial charge in [0.1, 0.15) is 12.6 Å². The summed E-state index contributed by atoms with van der Waals surface area (Å²) < 4.78 is 30.3. The highest BCUT2D eigenvalue weighted by molar-refractivity contribution is 9.10. The van der Waals surface area contributed by atoms with Gasteiger partial charge in [0.05, 0.1) is 10.6 Å². The van der Waals surface area contributed by atoms with Crippen molar-refractivity contribution in [1.82, 2.24) is 10.2 Å². The van der Waals surface area contributed by atoms with Crippen LogP contribution in [0.1, 0.15) is 36.1 Å². The number of nitrogens with zero attached hydrogens (tertiary/aromatic N) is 2. The Hall–Kier alpha value is -3.66. The monoisotopic (exact) mass is 709 g/mol. The Morgan fingerprint density at radius 3 is 2.11 bits per heavy atom. The van der Waals surface area contributed by atoms with Gasteiger partial charge in [-0.2, -0.15) is 0 Å². The van der Waals surface area contributed by atoms with Crippen LogP contribution >= 0.6 is 27.5 Å². The first-order valence-corrected chi connectivity index (χ1v) is 17.2. The summed E-state index contributed by atoms with van der Waals surface area (Å²) in [5.74, 6) is -0.865. The molecule has 0 unspecified atom stereocenters. The average molecular weight is 711 g/mol. The van der Waals surface area contributed by atoms with Gasteiger partial charge < -0.3 is 10.2 Å². The normalized spacial score (nSPS) is 12.1. The molecule has 4 aromatic rings. The van der Waals surface area contributed by atoms with Crippen molar-refractivity contribution in [1.29, 1.82) is 0 Å². The molecule has 45 heavy (non-hydrogen) atoms.